The Morgan fingerprint density at radius 1 is 1.14 bits per heavy atom. The van der Waals surface area contributed by atoms with Gasteiger partial charge in [0.2, 0.25) is 5.91 Å². The molecule has 1 amide bonds. The molecule has 7 nitrogen and oxygen atoms in total. The van der Waals surface area contributed by atoms with Crippen molar-refractivity contribution >= 4 is 29.0 Å². The van der Waals surface area contributed by atoms with Crippen LogP contribution in [0.3, 0.4) is 0 Å². The molecule has 2 heterocycles. The Bertz CT molecular complexity index is 1160. The van der Waals surface area contributed by atoms with Crippen molar-refractivity contribution in [3.8, 4) is 5.69 Å². The molecule has 198 valence electrons. The highest BCUT2D eigenvalue weighted by Crippen LogP contribution is 2.33. The second kappa shape index (κ2) is 12.5. The Hall–Kier alpha value is -3.00. The van der Waals surface area contributed by atoms with Crippen molar-refractivity contribution in [3.63, 3.8) is 0 Å². The lowest BCUT2D eigenvalue weighted by Gasteiger charge is -2.32. The van der Waals surface area contributed by atoms with Crippen molar-refractivity contribution in [1.29, 1.82) is 0 Å². The first-order valence-electron chi connectivity index (χ1n) is 13.4. The van der Waals surface area contributed by atoms with E-state index in [1.807, 2.05) is 31.5 Å². The fourth-order valence-electron chi connectivity index (χ4n) is 4.98. The van der Waals surface area contributed by atoms with Crippen LogP contribution in [0.25, 0.3) is 5.69 Å². The first kappa shape index (κ1) is 27.0. The number of esters is 1. The molecule has 0 aliphatic heterocycles. The highest BCUT2D eigenvalue weighted by Gasteiger charge is 2.34. The molecule has 0 N–H and O–H groups in total. The van der Waals surface area contributed by atoms with E-state index >= 15 is 0 Å². The van der Waals surface area contributed by atoms with Crippen LogP contribution < -0.4 is 4.90 Å². The number of hydrogen-bond acceptors (Lipinski definition) is 6. The molecule has 1 aromatic carbocycles. The summed E-state index contributed by atoms with van der Waals surface area (Å²) >= 11 is 1.63. The summed E-state index contributed by atoms with van der Waals surface area (Å²) in [6.45, 7) is 8.22. The van der Waals surface area contributed by atoms with Gasteiger partial charge in [-0.25, -0.2) is 14.5 Å². The highest BCUT2D eigenvalue weighted by molar-refractivity contribution is 7.07. The van der Waals surface area contributed by atoms with Crippen LogP contribution in [0.5, 0.6) is 0 Å². The van der Waals surface area contributed by atoms with E-state index in [-0.39, 0.29) is 24.5 Å². The Morgan fingerprint density at radius 3 is 2.49 bits per heavy atom. The van der Waals surface area contributed by atoms with Crippen molar-refractivity contribution in [1.82, 2.24) is 14.8 Å². The summed E-state index contributed by atoms with van der Waals surface area (Å²) < 4.78 is 7.03. The number of carbonyl (C=O) groups is 2. The zero-order chi connectivity index (χ0) is 26.4. The van der Waals surface area contributed by atoms with E-state index in [2.05, 4.69) is 29.4 Å². The maximum atomic E-state index is 13.7. The number of aryl methyl sites for hydroxylation is 2. The Balaban J connectivity index is 1.57. The largest absolute Gasteiger partial charge is 0.462 e. The third-order valence-corrected chi connectivity index (χ3v) is 7.76. The number of amides is 1. The molecule has 0 unspecified atom stereocenters. The third kappa shape index (κ3) is 6.66. The van der Waals surface area contributed by atoms with Crippen molar-refractivity contribution in [2.24, 2.45) is 11.8 Å². The van der Waals surface area contributed by atoms with Gasteiger partial charge >= 0.3 is 5.97 Å². The lowest BCUT2D eigenvalue weighted by Crippen LogP contribution is -2.43. The van der Waals surface area contributed by atoms with Crippen LogP contribution in [-0.4, -0.2) is 39.3 Å². The lowest BCUT2D eigenvalue weighted by atomic mass is 9.82. The number of aromatic nitrogens is 3. The SMILES string of the molecule is CCOC(=O)c1cn(-c2ccc(CCCc3cscn3)cc2)nc1N(C(=O)C1CCC(C)CC1)C(C)C. The number of thiazole rings is 1. The van der Waals surface area contributed by atoms with E-state index in [1.54, 1.807) is 34.0 Å². The molecule has 1 aliphatic carbocycles. The standard InChI is InChI=1S/C29H38N4O3S/c1-5-36-29(35)26-17-32(25-15-11-22(12-16-25)7-6-8-24-18-37-19-30-24)31-27(26)33(20(2)3)28(34)23-13-9-21(4)10-14-23/h11-12,15-21,23H,5-10,13-14H2,1-4H3. The maximum absolute atomic E-state index is 13.7. The van der Waals surface area contributed by atoms with Crippen LogP contribution in [-0.2, 0) is 22.4 Å². The minimum absolute atomic E-state index is 0.0395. The molecule has 2 aromatic heterocycles. The molecule has 1 aliphatic rings. The second-order valence-corrected chi connectivity index (χ2v) is 11.0. The Kier molecular flexibility index (Phi) is 9.14. The van der Waals surface area contributed by atoms with Crippen LogP contribution in [0.15, 0.2) is 41.4 Å². The van der Waals surface area contributed by atoms with Gasteiger partial charge in [-0.05, 0) is 89.3 Å². The van der Waals surface area contributed by atoms with Crippen LogP contribution in [0.4, 0.5) is 5.82 Å². The van der Waals surface area contributed by atoms with Gasteiger partial charge in [0.25, 0.3) is 0 Å². The van der Waals surface area contributed by atoms with Gasteiger partial charge < -0.3 is 4.74 Å². The summed E-state index contributed by atoms with van der Waals surface area (Å²) in [5.41, 5.74) is 5.41. The van der Waals surface area contributed by atoms with Gasteiger partial charge in [0.1, 0.15) is 5.56 Å². The summed E-state index contributed by atoms with van der Waals surface area (Å²) in [5.74, 6) is 0.583. The van der Waals surface area contributed by atoms with E-state index in [0.29, 0.717) is 17.3 Å². The fourth-order valence-corrected chi connectivity index (χ4v) is 5.58. The first-order valence-corrected chi connectivity index (χ1v) is 14.4. The average Bonchev–Trinajstić information content (AvgIpc) is 3.56. The number of anilines is 1. The Labute approximate surface area is 223 Å². The number of nitrogens with zero attached hydrogens (tertiary/aromatic N) is 4. The first-order chi connectivity index (χ1) is 17.9. The van der Waals surface area contributed by atoms with Crippen LogP contribution >= 0.6 is 11.3 Å². The third-order valence-electron chi connectivity index (χ3n) is 7.12. The van der Waals surface area contributed by atoms with Gasteiger partial charge in [0, 0.05) is 23.5 Å². The molecule has 0 bridgehead atoms. The number of hydrogen-bond donors (Lipinski definition) is 0. The molecule has 1 fully saturated rings. The summed E-state index contributed by atoms with van der Waals surface area (Å²) in [4.78, 5) is 32.7. The predicted octanol–water partition coefficient (Wildman–Crippen LogP) is 6.25. The van der Waals surface area contributed by atoms with Crippen LogP contribution in [0, 0.1) is 11.8 Å². The molecule has 0 atom stereocenters. The zero-order valence-corrected chi connectivity index (χ0v) is 23.2. The number of rotatable bonds is 10. The van der Waals surface area contributed by atoms with Gasteiger partial charge in [-0.3, -0.25) is 9.69 Å². The molecule has 0 radical (unpaired) electrons. The van der Waals surface area contributed by atoms with Gasteiger partial charge in [-0.2, -0.15) is 0 Å². The van der Waals surface area contributed by atoms with E-state index in [4.69, 9.17) is 9.84 Å². The summed E-state index contributed by atoms with van der Waals surface area (Å²) in [6, 6.07) is 8.07. The summed E-state index contributed by atoms with van der Waals surface area (Å²) in [7, 11) is 0. The van der Waals surface area contributed by atoms with Crippen molar-refractivity contribution in [3.05, 3.63) is 58.2 Å². The molecule has 3 aromatic rings. The maximum Gasteiger partial charge on any atom is 0.343 e. The molecule has 4 rings (SSSR count). The van der Waals surface area contributed by atoms with E-state index < -0.39 is 5.97 Å². The van der Waals surface area contributed by atoms with Gasteiger partial charge in [-0.15, -0.1) is 16.4 Å². The molecule has 1 saturated carbocycles. The smallest absolute Gasteiger partial charge is 0.343 e. The predicted molar refractivity (Wildman–Crippen MR) is 147 cm³/mol. The van der Waals surface area contributed by atoms with Crippen LogP contribution in [0.1, 0.15) is 81.4 Å². The molecule has 0 spiro atoms. The quantitative estimate of drug-likeness (QED) is 0.294. The number of benzene rings is 1. The normalized spacial score (nSPS) is 17.6. The fraction of sp³-hybridized carbons (Fsp3) is 0.517. The van der Waals surface area contributed by atoms with Gasteiger partial charge in [-0.1, -0.05) is 19.1 Å². The Morgan fingerprint density at radius 2 is 1.86 bits per heavy atom. The molecule has 0 saturated heterocycles. The second-order valence-electron chi connectivity index (χ2n) is 10.3. The highest BCUT2D eigenvalue weighted by atomic mass is 32.1. The topological polar surface area (TPSA) is 77.3 Å². The van der Waals surface area contributed by atoms with Gasteiger partial charge in [0.15, 0.2) is 5.82 Å². The molecule has 37 heavy (non-hydrogen) atoms. The zero-order valence-electron chi connectivity index (χ0n) is 22.4. The van der Waals surface area contributed by atoms with Crippen molar-refractivity contribution < 1.29 is 14.3 Å². The monoisotopic (exact) mass is 522 g/mol. The van der Waals surface area contributed by atoms with Crippen LogP contribution in [0.2, 0.25) is 0 Å². The van der Waals surface area contributed by atoms with E-state index in [0.717, 1.165) is 56.3 Å². The molecular weight excluding hydrogens is 484 g/mol. The average molecular weight is 523 g/mol. The van der Waals surface area contributed by atoms with Gasteiger partial charge in [0.05, 0.1) is 23.5 Å². The van der Waals surface area contributed by atoms with Crippen molar-refractivity contribution in [2.75, 3.05) is 11.5 Å². The minimum atomic E-state index is -0.460. The summed E-state index contributed by atoms with van der Waals surface area (Å²) in [5, 5.41) is 6.87. The van der Waals surface area contributed by atoms with Crippen molar-refractivity contribution in [2.45, 2.75) is 78.7 Å². The molecular formula is C29H38N4O3S. The van der Waals surface area contributed by atoms with E-state index in [9.17, 15) is 9.59 Å². The lowest BCUT2D eigenvalue weighted by molar-refractivity contribution is -0.124. The molecule has 8 heteroatoms. The number of ether oxygens (including phenoxy) is 1. The number of carbonyl (C=O) groups excluding carboxylic acids is 2. The summed E-state index contributed by atoms with van der Waals surface area (Å²) in [6.07, 6.45) is 8.52. The van der Waals surface area contributed by atoms with E-state index in [1.165, 1.54) is 5.56 Å². The minimum Gasteiger partial charge on any atom is -0.462 e.